The van der Waals surface area contributed by atoms with Crippen LogP contribution >= 0.6 is 0 Å². The SMILES string of the molecule is COc1cc(/C=N/Nc2ccc(F)cc2F)cc(OC)c1O. The molecule has 0 aliphatic rings. The van der Waals surface area contributed by atoms with E-state index in [4.69, 9.17) is 9.47 Å². The van der Waals surface area contributed by atoms with Crippen molar-refractivity contribution in [1.82, 2.24) is 0 Å². The zero-order chi connectivity index (χ0) is 16.1. The molecule has 22 heavy (non-hydrogen) atoms. The highest BCUT2D eigenvalue weighted by Gasteiger charge is 2.10. The number of rotatable bonds is 5. The highest BCUT2D eigenvalue weighted by atomic mass is 19.1. The van der Waals surface area contributed by atoms with Crippen molar-refractivity contribution in [2.45, 2.75) is 0 Å². The molecule has 2 N–H and O–H groups in total. The molecule has 2 rings (SSSR count). The number of phenols is 1. The van der Waals surface area contributed by atoms with Gasteiger partial charge in [0.05, 0.1) is 26.1 Å². The van der Waals surface area contributed by atoms with Crippen molar-refractivity contribution in [2.24, 2.45) is 5.10 Å². The molecule has 0 aliphatic heterocycles. The highest BCUT2D eigenvalue weighted by Crippen LogP contribution is 2.36. The molecule has 0 fully saturated rings. The predicted octanol–water partition coefficient (Wildman–Crippen LogP) is 3.13. The number of phenolic OH excluding ortho intramolecular Hbond substituents is 1. The highest BCUT2D eigenvalue weighted by molar-refractivity contribution is 5.82. The Bertz CT molecular complexity index is 680. The number of hydrazone groups is 1. The van der Waals surface area contributed by atoms with E-state index in [0.29, 0.717) is 5.56 Å². The van der Waals surface area contributed by atoms with Crippen molar-refractivity contribution in [1.29, 1.82) is 0 Å². The number of aromatic hydroxyl groups is 1. The Balaban J connectivity index is 2.19. The second-order valence-corrected chi connectivity index (χ2v) is 4.27. The van der Waals surface area contributed by atoms with Gasteiger partial charge in [0.25, 0.3) is 0 Å². The van der Waals surface area contributed by atoms with E-state index < -0.39 is 11.6 Å². The third kappa shape index (κ3) is 3.43. The summed E-state index contributed by atoms with van der Waals surface area (Å²) in [7, 11) is 2.81. The Morgan fingerprint density at radius 3 is 2.27 bits per heavy atom. The number of hydrogen-bond acceptors (Lipinski definition) is 5. The van der Waals surface area contributed by atoms with E-state index >= 15 is 0 Å². The second kappa shape index (κ2) is 6.75. The lowest BCUT2D eigenvalue weighted by molar-refractivity contribution is 0.340. The monoisotopic (exact) mass is 308 g/mol. The number of benzene rings is 2. The molecule has 0 aromatic heterocycles. The molecular formula is C15H14F2N2O3. The first-order chi connectivity index (χ1) is 10.5. The quantitative estimate of drug-likeness (QED) is 0.658. The Hall–Kier alpha value is -2.83. The minimum absolute atomic E-state index is 0.0374. The van der Waals surface area contributed by atoms with Crippen LogP contribution < -0.4 is 14.9 Å². The number of ether oxygens (including phenoxy) is 2. The molecule has 0 radical (unpaired) electrons. The maximum absolute atomic E-state index is 13.4. The van der Waals surface area contributed by atoms with Gasteiger partial charge in [0, 0.05) is 11.6 Å². The van der Waals surface area contributed by atoms with Crippen LogP contribution in [0.3, 0.4) is 0 Å². The summed E-state index contributed by atoms with van der Waals surface area (Å²) in [5.41, 5.74) is 3.06. The maximum Gasteiger partial charge on any atom is 0.200 e. The first-order valence-electron chi connectivity index (χ1n) is 6.24. The minimum atomic E-state index is -0.752. The normalized spacial score (nSPS) is 10.7. The fourth-order valence-corrected chi connectivity index (χ4v) is 1.74. The summed E-state index contributed by atoms with van der Waals surface area (Å²) in [5, 5.41) is 13.6. The van der Waals surface area contributed by atoms with E-state index in [2.05, 4.69) is 10.5 Å². The van der Waals surface area contributed by atoms with Gasteiger partial charge in [-0.2, -0.15) is 5.10 Å². The van der Waals surface area contributed by atoms with Gasteiger partial charge >= 0.3 is 0 Å². The minimum Gasteiger partial charge on any atom is -0.502 e. The number of nitrogens with zero attached hydrogens (tertiary/aromatic N) is 1. The third-order valence-corrected chi connectivity index (χ3v) is 2.83. The average molecular weight is 308 g/mol. The van der Waals surface area contributed by atoms with Gasteiger partial charge in [-0.3, -0.25) is 5.43 Å². The first kappa shape index (κ1) is 15.6. The van der Waals surface area contributed by atoms with Crippen LogP contribution in [0.5, 0.6) is 17.2 Å². The molecule has 0 heterocycles. The molecule has 5 nitrogen and oxygen atoms in total. The van der Waals surface area contributed by atoms with Crippen LogP contribution in [0.15, 0.2) is 35.4 Å². The molecule has 0 spiro atoms. The van der Waals surface area contributed by atoms with Crippen molar-refractivity contribution >= 4 is 11.9 Å². The Labute approximate surface area is 125 Å². The fourth-order valence-electron chi connectivity index (χ4n) is 1.74. The van der Waals surface area contributed by atoms with Gasteiger partial charge in [-0.1, -0.05) is 0 Å². The number of hydrogen-bond donors (Lipinski definition) is 2. The van der Waals surface area contributed by atoms with Crippen molar-refractivity contribution in [3.05, 3.63) is 47.5 Å². The number of halogens is 2. The molecule has 116 valence electrons. The second-order valence-electron chi connectivity index (χ2n) is 4.27. The summed E-state index contributed by atoms with van der Waals surface area (Å²) in [6, 6.07) is 6.17. The van der Waals surface area contributed by atoms with E-state index in [9.17, 15) is 13.9 Å². The van der Waals surface area contributed by atoms with Gasteiger partial charge in [-0.25, -0.2) is 8.78 Å². The molecule has 7 heteroatoms. The molecule has 0 saturated carbocycles. The molecule has 0 amide bonds. The Morgan fingerprint density at radius 2 is 1.73 bits per heavy atom. The third-order valence-electron chi connectivity index (χ3n) is 2.83. The Morgan fingerprint density at radius 1 is 1.09 bits per heavy atom. The van der Waals surface area contributed by atoms with Crippen LogP contribution in [0.1, 0.15) is 5.56 Å². The van der Waals surface area contributed by atoms with E-state index in [1.54, 1.807) is 0 Å². The van der Waals surface area contributed by atoms with Crippen LogP contribution in [0.2, 0.25) is 0 Å². The zero-order valence-corrected chi connectivity index (χ0v) is 11.9. The lowest BCUT2D eigenvalue weighted by Crippen LogP contribution is -1.96. The molecule has 0 saturated heterocycles. The summed E-state index contributed by atoms with van der Waals surface area (Å²) < 4.78 is 36.2. The van der Waals surface area contributed by atoms with Gasteiger partial charge in [0.1, 0.15) is 5.82 Å². The van der Waals surface area contributed by atoms with Crippen molar-refractivity contribution in [3.8, 4) is 17.2 Å². The van der Waals surface area contributed by atoms with E-state index in [0.717, 1.165) is 12.1 Å². The van der Waals surface area contributed by atoms with Gasteiger partial charge < -0.3 is 14.6 Å². The average Bonchev–Trinajstić information content (AvgIpc) is 2.50. The van der Waals surface area contributed by atoms with Crippen LogP contribution in [0, 0.1) is 11.6 Å². The summed E-state index contributed by atoms with van der Waals surface area (Å²) in [6.45, 7) is 0. The zero-order valence-electron chi connectivity index (χ0n) is 11.9. The van der Waals surface area contributed by atoms with Crippen LogP contribution in [-0.4, -0.2) is 25.5 Å². The van der Waals surface area contributed by atoms with Gasteiger partial charge in [-0.05, 0) is 24.3 Å². The summed E-state index contributed by atoms with van der Waals surface area (Å²) in [6.07, 6.45) is 1.38. The van der Waals surface area contributed by atoms with E-state index in [1.807, 2.05) is 0 Å². The molecule has 2 aromatic rings. The van der Waals surface area contributed by atoms with E-state index in [1.165, 1.54) is 38.6 Å². The largest absolute Gasteiger partial charge is 0.502 e. The lowest BCUT2D eigenvalue weighted by Gasteiger charge is -2.09. The van der Waals surface area contributed by atoms with Gasteiger partial charge in [-0.15, -0.1) is 0 Å². The summed E-state index contributed by atoms with van der Waals surface area (Å²) in [4.78, 5) is 0. The standard InChI is InChI=1S/C15H14F2N2O3/c1-21-13-5-9(6-14(22-2)15(13)20)8-18-19-12-4-3-10(16)7-11(12)17/h3-8,19-20H,1-2H3/b18-8+. The molecular weight excluding hydrogens is 294 g/mol. The number of anilines is 1. The van der Waals surface area contributed by atoms with Crippen molar-refractivity contribution < 1.29 is 23.4 Å². The first-order valence-corrected chi connectivity index (χ1v) is 6.24. The maximum atomic E-state index is 13.4. The molecule has 0 atom stereocenters. The van der Waals surface area contributed by atoms with E-state index in [-0.39, 0.29) is 22.9 Å². The summed E-state index contributed by atoms with van der Waals surface area (Å²) >= 11 is 0. The lowest BCUT2D eigenvalue weighted by atomic mass is 10.2. The van der Waals surface area contributed by atoms with Crippen LogP contribution in [0.25, 0.3) is 0 Å². The molecule has 0 aliphatic carbocycles. The summed E-state index contributed by atoms with van der Waals surface area (Å²) in [5.74, 6) is -1.11. The Kier molecular flexibility index (Phi) is 4.77. The number of nitrogens with one attached hydrogen (secondary N) is 1. The smallest absolute Gasteiger partial charge is 0.200 e. The number of methoxy groups -OCH3 is 2. The topological polar surface area (TPSA) is 63.1 Å². The van der Waals surface area contributed by atoms with Crippen molar-refractivity contribution in [2.75, 3.05) is 19.6 Å². The van der Waals surface area contributed by atoms with Crippen LogP contribution in [0.4, 0.5) is 14.5 Å². The predicted molar refractivity (Wildman–Crippen MR) is 78.8 cm³/mol. The van der Waals surface area contributed by atoms with Gasteiger partial charge in [0.15, 0.2) is 17.3 Å². The molecule has 2 aromatic carbocycles. The van der Waals surface area contributed by atoms with Crippen molar-refractivity contribution in [3.63, 3.8) is 0 Å². The molecule has 0 bridgehead atoms. The van der Waals surface area contributed by atoms with Gasteiger partial charge in [0.2, 0.25) is 5.75 Å². The van der Waals surface area contributed by atoms with Crippen LogP contribution in [-0.2, 0) is 0 Å². The fraction of sp³-hybridized carbons (Fsp3) is 0.133. The molecule has 0 unspecified atom stereocenters.